The Morgan fingerprint density at radius 3 is 2.65 bits per heavy atom. The van der Waals surface area contributed by atoms with Crippen molar-refractivity contribution in [2.24, 2.45) is 5.73 Å². The molecule has 6 heteroatoms. The highest BCUT2D eigenvalue weighted by atomic mass is 32.2. The number of carbonyl (C=O) groups is 2. The number of para-hydroxylation sites is 1. The molecule has 0 atom stereocenters. The Hall–Kier alpha value is -2.34. The third kappa shape index (κ3) is 5.75. The molecule has 0 aliphatic heterocycles. The van der Waals surface area contributed by atoms with Crippen LogP contribution in [0.3, 0.4) is 0 Å². The Balaban J connectivity index is 1.98. The number of anilines is 1. The van der Waals surface area contributed by atoms with Gasteiger partial charge in [0.2, 0.25) is 11.8 Å². The molecular formula is C17H17FN2O2S. The van der Waals surface area contributed by atoms with Crippen LogP contribution in [0.15, 0.2) is 53.4 Å². The van der Waals surface area contributed by atoms with Crippen molar-refractivity contribution in [1.82, 2.24) is 0 Å². The molecular weight excluding hydrogens is 315 g/mol. The highest BCUT2D eigenvalue weighted by Crippen LogP contribution is 2.27. The second-order valence-corrected chi connectivity index (χ2v) is 6.05. The minimum Gasteiger partial charge on any atom is -0.370 e. The van der Waals surface area contributed by atoms with Crippen molar-refractivity contribution < 1.29 is 14.0 Å². The van der Waals surface area contributed by atoms with Crippen molar-refractivity contribution in [2.45, 2.75) is 17.7 Å². The molecule has 0 heterocycles. The number of thioether (sulfide) groups is 1. The zero-order valence-electron chi connectivity index (χ0n) is 12.4. The van der Waals surface area contributed by atoms with E-state index in [0.717, 1.165) is 4.90 Å². The van der Waals surface area contributed by atoms with E-state index in [2.05, 4.69) is 5.32 Å². The highest BCUT2D eigenvalue weighted by Gasteiger charge is 2.09. The molecule has 0 aliphatic rings. The lowest BCUT2D eigenvalue weighted by molar-refractivity contribution is -0.117. The Morgan fingerprint density at radius 2 is 1.91 bits per heavy atom. The minimum atomic E-state index is -0.363. The summed E-state index contributed by atoms with van der Waals surface area (Å²) < 4.78 is 13.1. The molecule has 0 aromatic heterocycles. The Kier molecular flexibility index (Phi) is 6.17. The largest absolute Gasteiger partial charge is 0.370 e. The van der Waals surface area contributed by atoms with Crippen LogP contribution in [-0.2, 0) is 16.0 Å². The molecule has 3 N–H and O–H groups in total. The van der Waals surface area contributed by atoms with E-state index >= 15 is 0 Å². The van der Waals surface area contributed by atoms with Crippen LogP contribution >= 0.6 is 11.8 Å². The number of halogens is 1. The van der Waals surface area contributed by atoms with E-state index in [1.54, 1.807) is 18.2 Å². The van der Waals surface area contributed by atoms with Crippen LogP contribution in [-0.4, -0.2) is 17.6 Å². The number of rotatable bonds is 7. The third-order valence-electron chi connectivity index (χ3n) is 3.02. The van der Waals surface area contributed by atoms with Crippen molar-refractivity contribution in [3.63, 3.8) is 0 Å². The van der Waals surface area contributed by atoms with Gasteiger partial charge >= 0.3 is 0 Å². The first-order valence-corrected chi connectivity index (χ1v) is 8.07. The molecule has 0 saturated heterocycles. The summed E-state index contributed by atoms with van der Waals surface area (Å²) in [6.07, 6.45) is 0.369. The normalized spacial score (nSPS) is 10.3. The fourth-order valence-corrected chi connectivity index (χ4v) is 2.96. The third-order valence-corrected chi connectivity index (χ3v) is 4.10. The van der Waals surface area contributed by atoms with Crippen molar-refractivity contribution in [3.8, 4) is 0 Å². The van der Waals surface area contributed by atoms with Gasteiger partial charge in [-0.2, -0.15) is 0 Å². The maximum atomic E-state index is 13.1. The van der Waals surface area contributed by atoms with Crippen molar-refractivity contribution in [1.29, 1.82) is 0 Å². The lowest BCUT2D eigenvalue weighted by Gasteiger charge is -2.10. The van der Waals surface area contributed by atoms with Gasteiger partial charge in [-0.25, -0.2) is 4.39 Å². The maximum Gasteiger partial charge on any atom is 0.228 e. The standard InChI is InChI=1S/C17H17FN2O2S/c18-13-5-3-4-12(10-13)11-17(22)20-14-6-1-2-7-15(14)23-9-8-16(19)21/h1-7,10H,8-9,11H2,(H2,19,21)(H,20,22). The molecule has 0 unspecified atom stereocenters. The van der Waals surface area contributed by atoms with Gasteiger partial charge in [-0.05, 0) is 29.8 Å². The van der Waals surface area contributed by atoms with Crippen LogP contribution in [0.5, 0.6) is 0 Å². The quantitative estimate of drug-likeness (QED) is 0.766. The van der Waals surface area contributed by atoms with Crippen LogP contribution in [0.4, 0.5) is 10.1 Å². The van der Waals surface area contributed by atoms with E-state index in [-0.39, 0.29) is 30.5 Å². The number of hydrogen-bond acceptors (Lipinski definition) is 3. The summed E-state index contributed by atoms with van der Waals surface area (Å²) >= 11 is 1.45. The number of primary amides is 1. The maximum absolute atomic E-state index is 13.1. The van der Waals surface area contributed by atoms with E-state index < -0.39 is 0 Å². The van der Waals surface area contributed by atoms with E-state index in [1.165, 1.54) is 23.9 Å². The molecule has 2 rings (SSSR count). The summed E-state index contributed by atoms with van der Waals surface area (Å²) in [5.74, 6) is -0.395. The van der Waals surface area contributed by atoms with Crippen LogP contribution in [0.1, 0.15) is 12.0 Å². The average molecular weight is 332 g/mol. The number of amides is 2. The monoisotopic (exact) mass is 332 g/mol. The molecule has 0 bridgehead atoms. The van der Waals surface area contributed by atoms with Crippen molar-refractivity contribution >= 4 is 29.3 Å². The average Bonchev–Trinajstić information content (AvgIpc) is 2.48. The molecule has 4 nitrogen and oxygen atoms in total. The van der Waals surface area contributed by atoms with Gasteiger partial charge in [0, 0.05) is 17.1 Å². The minimum absolute atomic E-state index is 0.0953. The molecule has 2 aromatic rings. The van der Waals surface area contributed by atoms with Gasteiger partial charge in [0.15, 0.2) is 0 Å². The number of nitrogens with one attached hydrogen (secondary N) is 1. The highest BCUT2D eigenvalue weighted by molar-refractivity contribution is 7.99. The van der Waals surface area contributed by atoms with Crippen LogP contribution < -0.4 is 11.1 Å². The summed E-state index contributed by atoms with van der Waals surface area (Å²) in [5, 5.41) is 2.82. The second kappa shape index (κ2) is 8.33. The number of nitrogens with two attached hydrogens (primary N) is 1. The first kappa shape index (κ1) is 17.0. The molecule has 0 radical (unpaired) electrons. The fraction of sp³-hybridized carbons (Fsp3) is 0.176. The molecule has 0 saturated carbocycles. The molecule has 0 aliphatic carbocycles. The van der Waals surface area contributed by atoms with E-state index in [0.29, 0.717) is 17.0 Å². The first-order valence-electron chi connectivity index (χ1n) is 7.09. The summed E-state index contributed by atoms with van der Waals surface area (Å²) in [7, 11) is 0. The smallest absolute Gasteiger partial charge is 0.228 e. The van der Waals surface area contributed by atoms with Crippen molar-refractivity contribution in [3.05, 3.63) is 59.9 Å². The zero-order valence-corrected chi connectivity index (χ0v) is 13.2. The Bertz CT molecular complexity index is 706. The molecule has 120 valence electrons. The van der Waals surface area contributed by atoms with Gasteiger partial charge in [0.25, 0.3) is 0 Å². The van der Waals surface area contributed by atoms with E-state index in [1.807, 2.05) is 18.2 Å². The topological polar surface area (TPSA) is 72.2 Å². The predicted molar refractivity (Wildman–Crippen MR) is 89.7 cm³/mol. The fourth-order valence-electron chi connectivity index (χ4n) is 1.98. The summed E-state index contributed by atoms with van der Waals surface area (Å²) in [6.45, 7) is 0. The van der Waals surface area contributed by atoms with Gasteiger partial charge in [-0.15, -0.1) is 11.8 Å². The first-order chi connectivity index (χ1) is 11.0. The number of carbonyl (C=O) groups excluding carboxylic acids is 2. The van der Waals surface area contributed by atoms with Crippen LogP contribution in [0.25, 0.3) is 0 Å². The predicted octanol–water partition coefficient (Wildman–Crippen LogP) is 2.97. The summed E-state index contributed by atoms with van der Waals surface area (Å²) in [5.41, 5.74) is 6.40. The van der Waals surface area contributed by atoms with Gasteiger partial charge in [-0.3, -0.25) is 9.59 Å². The van der Waals surface area contributed by atoms with Gasteiger partial charge < -0.3 is 11.1 Å². The summed E-state index contributed by atoms with van der Waals surface area (Å²) in [4.78, 5) is 23.8. The van der Waals surface area contributed by atoms with Crippen LogP contribution in [0.2, 0.25) is 0 Å². The molecule has 2 amide bonds. The lowest BCUT2D eigenvalue weighted by atomic mass is 10.1. The molecule has 0 spiro atoms. The SMILES string of the molecule is NC(=O)CCSc1ccccc1NC(=O)Cc1cccc(F)c1. The second-order valence-electron chi connectivity index (χ2n) is 4.92. The lowest BCUT2D eigenvalue weighted by Crippen LogP contribution is -2.15. The zero-order chi connectivity index (χ0) is 16.7. The Morgan fingerprint density at radius 1 is 1.13 bits per heavy atom. The number of benzene rings is 2. The van der Waals surface area contributed by atoms with Gasteiger partial charge in [0.1, 0.15) is 5.82 Å². The Labute approximate surface area is 138 Å². The van der Waals surface area contributed by atoms with Gasteiger partial charge in [-0.1, -0.05) is 24.3 Å². The van der Waals surface area contributed by atoms with E-state index in [9.17, 15) is 14.0 Å². The molecule has 2 aromatic carbocycles. The van der Waals surface area contributed by atoms with Crippen molar-refractivity contribution in [2.75, 3.05) is 11.1 Å². The van der Waals surface area contributed by atoms with E-state index in [4.69, 9.17) is 5.73 Å². The molecule has 23 heavy (non-hydrogen) atoms. The molecule has 0 fully saturated rings. The number of hydrogen-bond donors (Lipinski definition) is 2. The summed E-state index contributed by atoms with van der Waals surface area (Å²) in [6, 6.07) is 13.3. The van der Waals surface area contributed by atoms with Crippen LogP contribution in [0, 0.1) is 5.82 Å². The van der Waals surface area contributed by atoms with Gasteiger partial charge in [0.05, 0.1) is 12.1 Å².